The summed E-state index contributed by atoms with van der Waals surface area (Å²) >= 11 is 0. The molecule has 1 fully saturated rings. The first-order chi connectivity index (χ1) is 9.24. The van der Waals surface area contributed by atoms with Crippen molar-refractivity contribution < 1.29 is 4.79 Å². The van der Waals surface area contributed by atoms with E-state index in [4.69, 9.17) is 0 Å². The van der Waals surface area contributed by atoms with Gasteiger partial charge in [-0.15, -0.1) is 0 Å². The van der Waals surface area contributed by atoms with Crippen LogP contribution in [-0.4, -0.2) is 30.4 Å². The van der Waals surface area contributed by atoms with Gasteiger partial charge in [0.1, 0.15) is 0 Å². The van der Waals surface area contributed by atoms with Crippen molar-refractivity contribution in [1.82, 2.24) is 4.90 Å². The summed E-state index contributed by atoms with van der Waals surface area (Å²) in [6.07, 6.45) is 3.43. The molecule has 1 aliphatic heterocycles. The SMILES string of the molecule is CCCNc1ccc(C(=O)N2CCC(CC)C2)cc1. The van der Waals surface area contributed by atoms with E-state index in [1.54, 1.807) is 0 Å². The zero-order chi connectivity index (χ0) is 13.7. The molecule has 1 amide bonds. The Labute approximate surface area is 116 Å². The van der Waals surface area contributed by atoms with Gasteiger partial charge >= 0.3 is 0 Å². The molecule has 1 unspecified atom stereocenters. The fraction of sp³-hybridized carbons (Fsp3) is 0.562. The van der Waals surface area contributed by atoms with Crippen molar-refractivity contribution in [1.29, 1.82) is 0 Å². The molecule has 0 bridgehead atoms. The lowest BCUT2D eigenvalue weighted by Gasteiger charge is -2.16. The topological polar surface area (TPSA) is 32.3 Å². The second-order valence-electron chi connectivity index (χ2n) is 5.32. The first-order valence-corrected chi connectivity index (χ1v) is 7.37. The molecular formula is C16H24N2O. The highest BCUT2D eigenvalue weighted by molar-refractivity contribution is 5.94. The molecule has 1 atom stereocenters. The predicted molar refractivity (Wildman–Crippen MR) is 79.5 cm³/mol. The quantitative estimate of drug-likeness (QED) is 0.880. The van der Waals surface area contributed by atoms with Crippen LogP contribution >= 0.6 is 0 Å². The van der Waals surface area contributed by atoms with Crippen molar-refractivity contribution in [3.05, 3.63) is 29.8 Å². The van der Waals surface area contributed by atoms with E-state index >= 15 is 0 Å². The molecule has 0 aliphatic carbocycles. The van der Waals surface area contributed by atoms with Gasteiger partial charge in [-0.05, 0) is 43.0 Å². The molecule has 2 rings (SSSR count). The number of benzene rings is 1. The van der Waals surface area contributed by atoms with Gasteiger partial charge in [0.05, 0.1) is 0 Å². The third kappa shape index (κ3) is 3.49. The minimum atomic E-state index is 0.179. The summed E-state index contributed by atoms with van der Waals surface area (Å²) in [5.41, 5.74) is 1.89. The summed E-state index contributed by atoms with van der Waals surface area (Å²) in [5, 5.41) is 3.32. The Hall–Kier alpha value is -1.51. The Kier molecular flexibility index (Phi) is 4.83. The summed E-state index contributed by atoms with van der Waals surface area (Å²) in [6.45, 7) is 7.14. The maximum absolute atomic E-state index is 12.3. The van der Waals surface area contributed by atoms with Crippen LogP contribution in [0.2, 0.25) is 0 Å². The molecular weight excluding hydrogens is 236 g/mol. The number of amides is 1. The Morgan fingerprint density at radius 2 is 2.05 bits per heavy atom. The van der Waals surface area contributed by atoms with E-state index in [0.717, 1.165) is 43.7 Å². The van der Waals surface area contributed by atoms with Crippen LogP contribution < -0.4 is 5.32 Å². The molecule has 104 valence electrons. The van der Waals surface area contributed by atoms with Crippen LogP contribution in [0.1, 0.15) is 43.5 Å². The summed E-state index contributed by atoms with van der Waals surface area (Å²) in [5.74, 6) is 0.868. The highest BCUT2D eigenvalue weighted by atomic mass is 16.2. The minimum Gasteiger partial charge on any atom is -0.385 e. The van der Waals surface area contributed by atoms with Crippen LogP contribution in [-0.2, 0) is 0 Å². The molecule has 1 aromatic carbocycles. The third-order valence-corrected chi connectivity index (χ3v) is 3.86. The van der Waals surface area contributed by atoms with Crippen LogP contribution in [0.15, 0.2) is 24.3 Å². The number of likely N-dealkylation sites (tertiary alicyclic amines) is 1. The van der Waals surface area contributed by atoms with Crippen molar-refractivity contribution in [2.45, 2.75) is 33.1 Å². The van der Waals surface area contributed by atoms with Gasteiger partial charge in [0.25, 0.3) is 5.91 Å². The fourth-order valence-corrected chi connectivity index (χ4v) is 2.53. The summed E-state index contributed by atoms with van der Waals surface area (Å²) < 4.78 is 0. The van der Waals surface area contributed by atoms with Crippen molar-refractivity contribution in [2.75, 3.05) is 25.0 Å². The molecule has 1 aliphatic rings. The van der Waals surface area contributed by atoms with Gasteiger partial charge in [0.15, 0.2) is 0 Å². The number of hydrogen-bond acceptors (Lipinski definition) is 2. The van der Waals surface area contributed by atoms with E-state index in [0.29, 0.717) is 5.92 Å². The maximum Gasteiger partial charge on any atom is 0.253 e. The Morgan fingerprint density at radius 1 is 1.32 bits per heavy atom. The number of anilines is 1. The molecule has 1 heterocycles. The lowest BCUT2D eigenvalue weighted by molar-refractivity contribution is 0.0787. The van der Waals surface area contributed by atoms with E-state index in [1.807, 2.05) is 29.2 Å². The van der Waals surface area contributed by atoms with Crippen LogP contribution in [0, 0.1) is 5.92 Å². The number of hydrogen-bond donors (Lipinski definition) is 1. The second-order valence-corrected chi connectivity index (χ2v) is 5.32. The average molecular weight is 260 g/mol. The second kappa shape index (κ2) is 6.60. The van der Waals surface area contributed by atoms with Gasteiger partial charge in [-0.3, -0.25) is 4.79 Å². The Morgan fingerprint density at radius 3 is 2.63 bits per heavy atom. The molecule has 3 heteroatoms. The van der Waals surface area contributed by atoms with E-state index in [2.05, 4.69) is 19.2 Å². The molecule has 1 saturated heterocycles. The lowest BCUT2D eigenvalue weighted by Crippen LogP contribution is -2.28. The van der Waals surface area contributed by atoms with Gasteiger partial charge in [0, 0.05) is 30.9 Å². The van der Waals surface area contributed by atoms with Gasteiger partial charge in [0.2, 0.25) is 0 Å². The molecule has 1 aromatic rings. The maximum atomic E-state index is 12.3. The van der Waals surface area contributed by atoms with Crippen molar-refractivity contribution in [3.8, 4) is 0 Å². The Balaban J connectivity index is 1.96. The fourth-order valence-electron chi connectivity index (χ4n) is 2.53. The average Bonchev–Trinajstić information content (AvgIpc) is 2.94. The predicted octanol–water partition coefficient (Wildman–Crippen LogP) is 3.38. The standard InChI is InChI=1S/C16H24N2O/c1-3-10-17-15-7-5-14(6-8-15)16(19)18-11-9-13(4-2)12-18/h5-8,13,17H,3-4,9-12H2,1-2H3. The number of rotatable bonds is 5. The molecule has 0 aromatic heterocycles. The van der Waals surface area contributed by atoms with Gasteiger partial charge in [-0.25, -0.2) is 0 Å². The number of nitrogens with one attached hydrogen (secondary N) is 1. The summed E-state index contributed by atoms with van der Waals surface area (Å²) in [6, 6.07) is 7.85. The normalized spacial score (nSPS) is 18.6. The van der Waals surface area contributed by atoms with Crippen LogP contribution in [0.3, 0.4) is 0 Å². The van der Waals surface area contributed by atoms with Gasteiger partial charge in [-0.2, -0.15) is 0 Å². The molecule has 0 spiro atoms. The largest absolute Gasteiger partial charge is 0.385 e. The minimum absolute atomic E-state index is 0.179. The lowest BCUT2D eigenvalue weighted by atomic mass is 10.1. The molecule has 19 heavy (non-hydrogen) atoms. The number of nitrogens with zero attached hydrogens (tertiary/aromatic N) is 1. The Bertz CT molecular complexity index is 413. The monoisotopic (exact) mass is 260 g/mol. The number of carbonyl (C=O) groups excluding carboxylic acids is 1. The smallest absolute Gasteiger partial charge is 0.253 e. The van der Waals surface area contributed by atoms with E-state index in [-0.39, 0.29) is 5.91 Å². The van der Waals surface area contributed by atoms with Gasteiger partial charge in [-0.1, -0.05) is 20.3 Å². The number of carbonyl (C=O) groups is 1. The molecule has 0 saturated carbocycles. The first kappa shape index (κ1) is 13.9. The van der Waals surface area contributed by atoms with E-state index in [1.165, 1.54) is 6.42 Å². The van der Waals surface area contributed by atoms with Crippen molar-refractivity contribution >= 4 is 11.6 Å². The van der Waals surface area contributed by atoms with Crippen LogP contribution in [0.4, 0.5) is 5.69 Å². The molecule has 3 nitrogen and oxygen atoms in total. The zero-order valence-corrected chi connectivity index (χ0v) is 12.0. The summed E-state index contributed by atoms with van der Waals surface area (Å²) in [7, 11) is 0. The van der Waals surface area contributed by atoms with Crippen LogP contribution in [0.5, 0.6) is 0 Å². The highest BCUT2D eigenvalue weighted by Crippen LogP contribution is 2.21. The zero-order valence-electron chi connectivity index (χ0n) is 12.0. The molecule has 1 N–H and O–H groups in total. The van der Waals surface area contributed by atoms with Crippen molar-refractivity contribution in [2.24, 2.45) is 5.92 Å². The highest BCUT2D eigenvalue weighted by Gasteiger charge is 2.25. The van der Waals surface area contributed by atoms with Crippen molar-refractivity contribution in [3.63, 3.8) is 0 Å². The van der Waals surface area contributed by atoms with Gasteiger partial charge < -0.3 is 10.2 Å². The van der Waals surface area contributed by atoms with E-state index in [9.17, 15) is 4.79 Å². The van der Waals surface area contributed by atoms with E-state index < -0.39 is 0 Å². The summed E-state index contributed by atoms with van der Waals surface area (Å²) in [4.78, 5) is 14.3. The van der Waals surface area contributed by atoms with Crippen LogP contribution in [0.25, 0.3) is 0 Å². The third-order valence-electron chi connectivity index (χ3n) is 3.86. The molecule has 0 radical (unpaired) electrons. The first-order valence-electron chi connectivity index (χ1n) is 7.37.